The third-order valence-electron chi connectivity index (χ3n) is 5.37. The Morgan fingerprint density at radius 3 is 2.58 bits per heavy atom. The van der Waals surface area contributed by atoms with Crippen LogP contribution in [0.1, 0.15) is 48.9 Å². The van der Waals surface area contributed by atoms with Gasteiger partial charge in [0.15, 0.2) is 0 Å². The van der Waals surface area contributed by atoms with Crippen molar-refractivity contribution < 1.29 is 4.79 Å². The minimum Gasteiger partial charge on any atom is -0.355 e. The Morgan fingerprint density at radius 1 is 1.33 bits per heavy atom. The molecule has 0 saturated heterocycles. The minimum absolute atomic E-state index is 0. The molecule has 0 spiro atoms. The Hall–Kier alpha value is -0.360. The van der Waals surface area contributed by atoms with E-state index in [-0.39, 0.29) is 36.6 Å². The van der Waals surface area contributed by atoms with Crippen molar-refractivity contribution in [3.63, 3.8) is 0 Å². The van der Waals surface area contributed by atoms with Gasteiger partial charge < -0.3 is 11.1 Å². The summed E-state index contributed by atoms with van der Waals surface area (Å²) in [4.78, 5) is 18.1. The monoisotopic (exact) mass is 393 g/mol. The van der Waals surface area contributed by atoms with Gasteiger partial charge in [0.2, 0.25) is 5.91 Å². The van der Waals surface area contributed by atoms with Gasteiger partial charge in [-0.3, -0.25) is 4.79 Å². The molecular formula is C17H29Cl2N3OS. The summed E-state index contributed by atoms with van der Waals surface area (Å²) in [5.41, 5.74) is 6.30. The summed E-state index contributed by atoms with van der Waals surface area (Å²) in [6.45, 7) is 2.84. The van der Waals surface area contributed by atoms with Gasteiger partial charge in [-0.1, -0.05) is 13.3 Å². The summed E-state index contributed by atoms with van der Waals surface area (Å²) in [6, 6.07) is 0.334. The Labute approximate surface area is 161 Å². The predicted octanol–water partition coefficient (Wildman–Crippen LogP) is 3.36. The number of halogens is 2. The van der Waals surface area contributed by atoms with Crippen LogP contribution in [-0.2, 0) is 17.6 Å². The highest BCUT2D eigenvalue weighted by molar-refractivity contribution is 7.11. The second-order valence-corrected chi connectivity index (χ2v) is 8.01. The fourth-order valence-electron chi connectivity index (χ4n) is 4.07. The molecule has 2 aliphatic rings. The molecule has 2 saturated carbocycles. The first-order valence-corrected chi connectivity index (χ1v) is 9.46. The molecule has 3 rings (SSSR count). The lowest BCUT2D eigenvalue weighted by atomic mass is 9.65. The van der Waals surface area contributed by atoms with Gasteiger partial charge in [0, 0.05) is 36.0 Å². The molecule has 1 heterocycles. The Morgan fingerprint density at radius 2 is 2.00 bits per heavy atom. The van der Waals surface area contributed by atoms with Crippen LogP contribution in [0, 0.1) is 17.8 Å². The van der Waals surface area contributed by atoms with Gasteiger partial charge in [0.05, 0.1) is 5.01 Å². The lowest BCUT2D eigenvalue weighted by Crippen LogP contribution is -2.49. The highest BCUT2D eigenvalue weighted by atomic mass is 35.5. The SMILES string of the molecule is CCc1cnc(CCNC(=O)C2CC3CCCC(C2)C3N)s1.Cl.Cl. The molecule has 1 amide bonds. The number of rotatable bonds is 5. The zero-order chi connectivity index (χ0) is 15.5. The molecule has 7 heteroatoms. The number of aryl methyl sites for hydroxylation is 1. The van der Waals surface area contributed by atoms with Gasteiger partial charge in [0.25, 0.3) is 0 Å². The number of nitrogens with two attached hydrogens (primary N) is 1. The fraction of sp³-hybridized carbons (Fsp3) is 0.765. The summed E-state index contributed by atoms with van der Waals surface area (Å²) in [7, 11) is 0. The summed E-state index contributed by atoms with van der Waals surface area (Å²) < 4.78 is 0. The van der Waals surface area contributed by atoms with Gasteiger partial charge in [0.1, 0.15) is 0 Å². The molecule has 2 atom stereocenters. The topological polar surface area (TPSA) is 68.0 Å². The highest BCUT2D eigenvalue weighted by Crippen LogP contribution is 2.41. The van der Waals surface area contributed by atoms with Crippen molar-refractivity contribution in [2.75, 3.05) is 6.54 Å². The summed E-state index contributed by atoms with van der Waals surface area (Å²) in [6.07, 6.45) is 9.51. The molecule has 138 valence electrons. The average molecular weight is 394 g/mol. The molecule has 1 aromatic rings. The molecular weight excluding hydrogens is 365 g/mol. The van der Waals surface area contributed by atoms with Gasteiger partial charge in [-0.2, -0.15) is 0 Å². The van der Waals surface area contributed by atoms with E-state index in [1.54, 1.807) is 11.3 Å². The van der Waals surface area contributed by atoms with Gasteiger partial charge in [-0.05, 0) is 43.9 Å². The Kier molecular flexibility index (Phi) is 8.99. The zero-order valence-corrected chi connectivity index (χ0v) is 16.7. The van der Waals surface area contributed by atoms with Crippen LogP contribution in [0.5, 0.6) is 0 Å². The van der Waals surface area contributed by atoms with Crippen molar-refractivity contribution in [1.29, 1.82) is 0 Å². The predicted molar refractivity (Wildman–Crippen MR) is 104 cm³/mol. The number of thiazole rings is 1. The standard InChI is InChI=1S/C17H27N3OS.2ClH/c1-2-14-10-20-15(22-14)6-7-19-17(21)13-8-11-4-3-5-12(9-13)16(11)18;;/h10-13,16H,2-9,18H2,1H3,(H,19,21);2*1H. The number of fused-ring (bicyclic) bond motifs is 2. The molecule has 0 aliphatic heterocycles. The first-order chi connectivity index (χ1) is 10.7. The van der Waals surface area contributed by atoms with Crippen LogP contribution in [-0.4, -0.2) is 23.5 Å². The van der Waals surface area contributed by atoms with Crippen molar-refractivity contribution in [3.8, 4) is 0 Å². The van der Waals surface area contributed by atoms with Crippen molar-refractivity contribution in [1.82, 2.24) is 10.3 Å². The third kappa shape index (κ3) is 5.07. The van der Waals surface area contributed by atoms with Gasteiger partial charge in [-0.15, -0.1) is 36.2 Å². The molecule has 2 bridgehead atoms. The van der Waals surface area contributed by atoms with Crippen molar-refractivity contribution in [3.05, 3.63) is 16.1 Å². The molecule has 0 aromatic carbocycles. The number of carbonyl (C=O) groups excluding carboxylic acids is 1. The van der Waals surface area contributed by atoms with Gasteiger partial charge >= 0.3 is 0 Å². The van der Waals surface area contributed by atoms with E-state index in [0.717, 1.165) is 30.7 Å². The summed E-state index contributed by atoms with van der Waals surface area (Å²) in [5.74, 6) is 1.54. The fourth-order valence-corrected chi connectivity index (χ4v) is 4.93. The van der Waals surface area contributed by atoms with E-state index < -0.39 is 0 Å². The Balaban J connectivity index is 0.00000144. The van der Waals surface area contributed by atoms with E-state index in [1.165, 1.54) is 24.1 Å². The number of amides is 1. The zero-order valence-electron chi connectivity index (χ0n) is 14.2. The summed E-state index contributed by atoms with van der Waals surface area (Å²) in [5, 5.41) is 4.24. The van der Waals surface area contributed by atoms with E-state index in [0.29, 0.717) is 24.4 Å². The number of hydrogen-bond donors (Lipinski definition) is 2. The quantitative estimate of drug-likeness (QED) is 0.805. The van der Waals surface area contributed by atoms with Crippen LogP contribution in [0.2, 0.25) is 0 Å². The van der Waals surface area contributed by atoms with E-state index >= 15 is 0 Å². The minimum atomic E-state index is 0. The normalized spacial score (nSPS) is 28.4. The van der Waals surface area contributed by atoms with Crippen LogP contribution < -0.4 is 11.1 Å². The van der Waals surface area contributed by atoms with Gasteiger partial charge in [-0.25, -0.2) is 4.98 Å². The van der Waals surface area contributed by atoms with Crippen molar-refractivity contribution in [2.45, 2.75) is 57.9 Å². The molecule has 4 nitrogen and oxygen atoms in total. The van der Waals surface area contributed by atoms with Crippen LogP contribution in [0.15, 0.2) is 6.20 Å². The molecule has 3 N–H and O–H groups in total. The Bertz CT molecular complexity index is 512. The third-order valence-corrected chi connectivity index (χ3v) is 6.57. The van der Waals surface area contributed by atoms with E-state index in [4.69, 9.17) is 5.73 Å². The van der Waals surface area contributed by atoms with Crippen LogP contribution >= 0.6 is 36.2 Å². The molecule has 24 heavy (non-hydrogen) atoms. The maximum absolute atomic E-state index is 12.4. The van der Waals surface area contributed by atoms with Crippen LogP contribution in [0.3, 0.4) is 0 Å². The highest BCUT2D eigenvalue weighted by Gasteiger charge is 2.40. The second kappa shape index (κ2) is 9.95. The lowest BCUT2D eigenvalue weighted by molar-refractivity contribution is -0.127. The van der Waals surface area contributed by atoms with E-state index in [1.807, 2.05) is 6.20 Å². The number of hydrogen-bond acceptors (Lipinski definition) is 4. The molecule has 0 radical (unpaired) electrons. The summed E-state index contributed by atoms with van der Waals surface area (Å²) >= 11 is 1.76. The maximum atomic E-state index is 12.4. The molecule has 1 aromatic heterocycles. The van der Waals surface area contributed by atoms with E-state index in [9.17, 15) is 4.79 Å². The largest absolute Gasteiger partial charge is 0.355 e. The maximum Gasteiger partial charge on any atom is 0.223 e. The number of nitrogens with zero attached hydrogens (tertiary/aromatic N) is 1. The van der Waals surface area contributed by atoms with Crippen molar-refractivity contribution in [2.24, 2.45) is 23.5 Å². The average Bonchev–Trinajstić information content (AvgIpc) is 2.95. The molecule has 2 aliphatic carbocycles. The van der Waals surface area contributed by atoms with E-state index in [2.05, 4.69) is 17.2 Å². The second-order valence-electron chi connectivity index (χ2n) is 6.81. The number of aromatic nitrogens is 1. The molecule has 2 unspecified atom stereocenters. The first kappa shape index (κ1) is 21.7. The van der Waals surface area contributed by atoms with Crippen LogP contribution in [0.25, 0.3) is 0 Å². The van der Waals surface area contributed by atoms with Crippen LogP contribution in [0.4, 0.5) is 0 Å². The smallest absolute Gasteiger partial charge is 0.223 e. The molecule has 2 fully saturated rings. The number of nitrogens with one attached hydrogen (secondary N) is 1. The lowest BCUT2D eigenvalue weighted by Gasteiger charge is -2.43. The van der Waals surface area contributed by atoms with Crippen molar-refractivity contribution >= 4 is 42.1 Å². The first-order valence-electron chi connectivity index (χ1n) is 8.64. The number of carbonyl (C=O) groups is 1.